The highest BCUT2D eigenvalue weighted by molar-refractivity contribution is 7.95. The van der Waals surface area contributed by atoms with Crippen LogP contribution in [-0.2, 0) is 27.1 Å². The van der Waals surface area contributed by atoms with Crippen molar-refractivity contribution in [2.24, 2.45) is 0 Å². The molecule has 2 rings (SSSR count). The zero-order valence-electron chi connectivity index (χ0n) is 13.6. The summed E-state index contributed by atoms with van der Waals surface area (Å²) in [5, 5.41) is 0. The molecule has 0 unspecified atom stereocenters. The van der Waals surface area contributed by atoms with Gasteiger partial charge in [0, 0.05) is 0 Å². The molecular weight excluding hydrogens is 316 g/mol. The van der Waals surface area contributed by atoms with E-state index in [4.69, 9.17) is 9.47 Å². The van der Waals surface area contributed by atoms with Gasteiger partial charge in [0.2, 0.25) is 0 Å². The molecule has 0 aliphatic carbocycles. The average Bonchev–Trinajstić information content (AvgIpc) is 2.89. The van der Waals surface area contributed by atoms with Crippen molar-refractivity contribution in [2.45, 2.75) is 13.7 Å². The standard InChI is InChI=1S/C16H21N2O4S/c1-4-22-16(20)15-9-13-14(6-5-12(10-19)17-13)18(15)11-21-7-8-23(2)3/h5-6,9-10H,4,7-8,11H2,1-3H3/q+1. The van der Waals surface area contributed by atoms with Crippen molar-refractivity contribution in [3.8, 4) is 0 Å². The Morgan fingerprint density at radius 1 is 1.39 bits per heavy atom. The van der Waals surface area contributed by atoms with Crippen LogP contribution >= 0.6 is 0 Å². The predicted molar refractivity (Wildman–Crippen MR) is 91.1 cm³/mol. The van der Waals surface area contributed by atoms with Crippen molar-refractivity contribution in [1.29, 1.82) is 0 Å². The third-order valence-corrected chi connectivity index (χ3v) is 4.22. The fraction of sp³-hybridized carbons (Fsp3) is 0.438. The number of rotatable bonds is 8. The Labute approximate surface area is 138 Å². The fourth-order valence-corrected chi connectivity index (χ4v) is 2.57. The highest BCUT2D eigenvalue weighted by atomic mass is 32.2. The number of fused-ring (bicyclic) bond motifs is 1. The van der Waals surface area contributed by atoms with E-state index in [0.717, 1.165) is 11.3 Å². The van der Waals surface area contributed by atoms with E-state index in [2.05, 4.69) is 17.5 Å². The lowest BCUT2D eigenvalue weighted by molar-refractivity contribution is 0.0479. The molecular formula is C16H21N2O4S+. The molecule has 2 aromatic rings. The number of esters is 1. The minimum Gasteiger partial charge on any atom is -0.461 e. The molecule has 0 saturated carbocycles. The summed E-state index contributed by atoms with van der Waals surface area (Å²) < 4.78 is 12.5. The number of ether oxygens (including phenoxy) is 2. The highest BCUT2D eigenvalue weighted by Gasteiger charge is 2.18. The van der Waals surface area contributed by atoms with Gasteiger partial charge in [-0.1, -0.05) is 0 Å². The smallest absolute Gasteiger partial charge is 0.355 e. The van der Waals surface area contributed by atoms with Gasteiger partial charge in [0.25, 0.3) is 0 Å². The van der Waals surface area contributed by atoms with E-state index in [0.29, 0.717) is 47.3 Å². The van der Waals surface area contributed by atoms with Gasteiger partial charge in [-0.3, -0.25) is 4.79 Å². The number of aromatic nitrogens is 2. The molecule has 0 atom stereocenters. The van der Waals surface area contributed by atoms with E-state index in [1.807, 2.05) is 0 Å². The van der Waals surface area contributed by atoms with Gasteiger partial charge in [0.1, 0.15) is 23.9 Å². The Balaban J connectivity index is 2.31. The van der Waals surface area contributed by atoms with Gasteiger partial charge in [-0.05, 0) is 36.0 Å². The first kappa shape index (κ1) is 17.5. The molecule has 23 heavy (non-hydrogen) atoms. The monoisotopic (exact) mass is 337 g/mol. The van der Waals surface area contributed by atoms with Crippen molar-refractivity contribution in [3.63, 3.8) is 0 Å². The number of carbonyl (C=O) groups excluding carboxylic acids is 2. The fourth-order valence-electron chi connectivity index (χ4n) is 2.12. The molecule has 0 aliphatic rings. The molecule has 0 bridgehead atoms. The summed E-state index contributed by atoms with van der Waals surface area (Å²) in [5.74, 6) is 0.550. The lowest BCUT2D eigenvalue weighted by Crippen LogP contribution is -2.16. The molecule has 0 amide bonds. The molecule has 0 N–H and O–H groups in total. The zero-order chi connectivity index (χ0) is 16.8. The molecule has 124 valence electrons. The lowest BCUT2D eigenvalue weighted by atomic mass is 10.3. The third kappa shape index (κ3) is 4.33. The van der Waals surface area contributed by atoms with Crippen LogP contribution in [0.4, 0.5) is 0 Å². The van der Waals surface area contributed by atoms with Crippen molar-refractivity contribution in [3.05, 3.63) is 29.6 Å². The van der Waals surface area contributed by atoms with Crippen molar-refractivity contribution >= 4 is 34.2 Å². The Morgan fingerprint density at radius 2 is 2.17 bits per heavy atom. The lowest BCUT2D eigenvalue weighted by Gasteiger charge is -2.10. The predicted octanol–water partition coefficient (Wildman–Crippen LogP) is 1.88. The Bertz CT molecular complexity index is 697. The molecule has 0 fully saturated rings. The minimum atomic E-state index is -0.424. The second-order valence-electron chi connectivity index (χ2n) is 5.16. The van der Waals surface area contributed by atoms with Crippen LogP contribution in [0, 0.1) is 0 Å². The number of nitrogens with zero attached hydrogens (tertiary/aromatic N) is 2. The average molecular weight is 337 g/mol. The number of carbonyl (C=O) groups is 2. The van der Waals surface area contributed by atoms with Crippen LogP contribution in [0.25, 0.3) is 11.0 Å². The summed E-state index contributed by atoms with van der Waals surface area (Å²) in [6.07, 6.45) is 4.99. The summed E-state index contributed by atoms with van der Waals surface area (Å²) in [6, 6.07) is 5.02. The SMILES string of the molecule is CCOC(=O)c1cc2nc(C=O)ccc2n1COCC[S+](C)C. The van der Waals surface area contributed by atoms with E-state index < -0.39 is 5.97 Å². The highest BCUT2D eigenvalue weighted by Crippen LogP contribution is 2.19. The first-order valence-corrected chi connectivity index (χ1v) is 9.52. The Morgan fingerprint density at radius 3 is 2.83 bits per heavy atom. The van der Waals surface area contributed by atoms with Crippen molar-refractivity contribution in [1.82, 2.24) is 9.55 Å². The van der Waals surface area contributed by atoms with Gasteiger partial charge < -0.3 is 14.0 Å². The Hall–Kier alpha value is -1.86. The molecule has 0 aromatic carbocycles. The molecule has 0 radical (unpaired) electrons. The largest absolute Gasteiger partial charge is 0.461 e. The molecule has 0 spiro atoms. The van der Waals surface area contributed by atoms with Crippen LogP contribution < -0.4 is 0 Å². The van der Waals surface area contributed by atoms with Gasteiger partial charge in [0.15, 0.2) is 6.29 Å². The third-order valence-electron chi connectivity index (χ3n) is 3.24. The number of aldehydes is 1. The minimum absolute atomic E-state index is 0.247. The molecule has 6 nitrogen and oxygen atoms in total. The number of pyridine rings is 1. The Kier molecular flexibility index (Phi) is 6.18. The molecule has 2 aromatic heterocycles. The second-order valence-corrected chi connectivity index (χ2v) is 7.54. The first-order valence-electron chi connectivity index (χ1n) is 7.31. The van der Waals surface area contributed by atoms with Gasteiger partial charge in [-0.2, -0.15) is 0 Å². The first-order chi connectivity index (χ1) is 11.1. The maximum atomic E-state index is 12.1. The van der Waals surface area contributed by atoms with Gasteiger partial charge in [-0.15, -0.1) is 0 Å². The summed E-state index contributed by atoms with van der Waals surface area (Å²) in [6.45, 7) is 2.92. The maximum absolute atomic E-state index is 12.1. The van der Waals surface area contributed by atoms with Crippen molar-refractivity contribution in [2.75, 3.05) is 31.5 Å². The van der Waals surface area contributed by atoms with Gasteiger partial charge >= 0.3 is 5.97 Å². The molecule has 0 saturated heterocycles. The van der Waals surface area contributed by atoms with E-state index in [9.17, 15) is 9.59 Å². The summed E-state index contributed by atoms with van der Waals surface area (Å²) in [4.78, 5) is 27.2. The maximum Gasteiger partial charge on any atom is 0.355 e. The number of hydrogen-bond acceptors (Lipinski definition) is 5. The second kappa shape index (κ2) is 8.12. The summed E-state index contributed by atoms with van der Waals surface area (Å²) in [7, 11) is 0.310. The molecule has 7 heteroatoms. The normalized spacial score (nSPS) is 11.1. The van der Waals surface area contributed by atoms with E-state index >= 15 is 0 Å². The number of hydrogen-bond donors (Lipinski definition) is 0. The van der Waals surface area contributed by atoms with Crippen LogP contribution in [0.5, 0.6) is 0 Å². The van der Waals surface area contributed by atoms with Gasteiger partial charge in [0.05, 0.1) is 36.8 Å². The topological polar surface area (TPSA) is 70.4 Å². The van der Waals surface area contributed by atoms with E-state index in [-0.39, 0.29) is 6.73 Å². The van der Waals surface area contributed by atoms with Crippen LogP contribution in [0.3, 0.4) is 0 Å². The van der Waals surface area contributed by atoms with Crippen LogP contribution in [-0.4, -0.2) is 53.3 Å². The van der Waals surface area contributed by atoms with E-state index in [1.54, 1.807) is 29.7 Å². The quantitative estimate of drug-likeness (QED) is 0.318. The van der Waals surface area contributed by atoms with Crippen LogP contribution in [0.1, 0.15) is 27.9 Å². The molecule has 0 aliphatic heterocycles. The van der Waals surface area contributed by atoms with Crippen LogP contribution in [0.15, 0.2) is 18.2 Å². The summed E-state index contributed by atoms with van der Waals surface area (Å²) >= 11 is 0. The summed E-state index contributed by atoms with van der Waals surface area (Å²) in [5.41, 5.74) is 2.02. The van der Waals surface area contributed by atoms with Crippen LogP contribution in [0.2, 0.25) is 0 Å². The zero-order valence-corrected chi connectivity index (χ0v) is 14.4. The van der Waals surface area contributed by atoms with Crippen molar-refractivity contribution < 1.29 is 19.1 Å². The van der Waals surface area contributed by atoms with E-state index in [1.165, 1.54) is 0 Å². The van der Waals surface area contributed by atoms with Gasteiger partial charge in [-0.25, -0.2) is 9.78 Å². The molecule has 2 heterocycles.